The molecule has 1 aliphatic rings. The molecule has 2 nitrogen and oxygen atoms in total. The Bertz CT molecular complexity index is 195. The van der Waals surface area contributed by atoms with Gasteiger partial charge in [0.1, 0.15) is 4.75 Å². The molecule has 1 rings (SSSR count). The van der Waals surface area contributed by atoms with Crippen LogP contribution in [0.3, 0.4) is 0 Å². The van der Waals surface area contributed by atoms with Crippen LogP contribution in [-0.2, 0) is 9.53 Å². The van der Waals surface area contributed by atoms with Crippen molar-refractivity contribution in [3.05, 3.63) is 0 Å². The van der Waals surface area contributed by atoms with Crippen LogP contribution >= 0.6 is 11.8 Å². The van der Waals surface area contributed by atoms with E-state index in [1.54, 1.807) is 11.8 Å². The van der Waals surface area contributed by atoms with E-state index in [1.807, 2.05) is 13.8 Å². The van der Waals surface area contributed by atoms with Crippen molar-refractivity contribution in [1.29, 1.82) is 0 Å². The van der Waals surface area contributed by atoms with Gasteiger partial charge in [0.2, 0.25) is 0 Å². The zero-order valence-corrected chi connectivity index (χ0v) is 10.2. The maximum atomic E-state index is 11.5. The van der Waals surface area contributed by atoms with E-state index in [4.69, 9.17) is 4.74 Å². The summed E-state index contributed by atoms with van der Waals surface area (Å²) in [6.07, 6.45) is 6.50. The normalized spacial score (nSPS) is 19.4. The summed E-state index contributed by atoms with van der Waals surface area (Å²) in [5.41, 5.74) is 0. The number of hydrogen-bond donors (Lipinski definition) is 0. The summed E-state index contributed by atoms with van der Waals surface area (Å²) in [7, 11) is 1.46. The topological polar surface area (TPSA) is 26.3 Å². The Morgan fingerprint density at radius 2 is 1.86 bits per heavy atom. The molecule has 0 bridgehead atoms. The van der Waals surface area contributed by atoms with Crippen molar-refractivity contribution in [2.24, 2.45) is 0 Å². The van der Waals surface area contributed by atoms with Gasteiger partial charge in [-0.2, -0.15) is 0 Å². The number of carbonyl (C=O) groups is 1. The van der Waals surface area contributed by atoms with Crippen molar-refractivity contribution in [3.63, 3.8) is 0 Å². The molecule has 0 atom stereocenters. The predicted molar refractivity (Wildman–Crippen MR) is 60.6 cm³/mol. The van der Waals surface area contributed by atoms with Gasteiger partial charge in [-0.05, 0) is 26.7 Å². The molecule has 0 saturated heterocycles. The van der Waals surface area contributed by atoms with Gasteiger partial charge < -0.3 is 4.74 Å². The van der Waals surface area contributed by atoms with Gasteiger partial charge >= 0.3 is 5.97 Å². The van der Waals surface area contributed by atoms with Crippen LogP contribution in [0.15, 0.2) is 0 Å². The van der Waals surface area contributed by atoms with Crippen molar-refractivity contribution in [2.75, 3.05) is 7.11 Å². The molecule has 0 amide bonds. The average Bonchev–Trinajstić information content (AvgIpc) is 2.17. The molecule has 0 aromatic carbocycles. The minimum absolute atomic E-state index is 0.104. The third kappa shape index (κ3) is 3.19. The number of ether oxygens (including phenoxy) is 1. The largest absolute Gasteiger partial charge is 0.468 e. The lowest BCUT2D eigenvalue weighted by atomic mass is 10.0. The SMILES string of the molecule is COC(=O)C(C)(C)SC1CCCCC1. The molecular formula is C11H20O2S. The molecule has 1 aliphatic carbocycles. The van der Waals surface area contributed by atoms with Crippen molar-refractivity contribution < 1.29 is 9.53 Å². The highest BCUT2D eigenvalue weighted by Gasteiger charge is 2.32. The van der Waals surface area contributed by atoms with Crippen molar-refractivity contribution in [2.45, 2.75) is 55.9 Å². The maximum Gasteiger partial charge on any atom is 0.321 e. The molecule has 0 heterocycles. The predicted octanol–water partition coefficient (Wildman–Crippen LogP) is 3.00. The van der Waals surface area contributed by atoms with Crippen LogP contribution in [0.25, 0.3) is 0 Å². The lowest BCUT2D eigenvalue weighted by Gasteiger charge is -2.29. The molecule has 0 aromatic heterocycles. The number of thioether (sulfide) groups is 1. The molecule has 14 heavy (non-hydrogen) atoms. The Morgan fingerprint density at radius 3 is 2.36 bits per heavy atom. The standard InChI is InChI=1S/C11H20O2S/c1-11(2,10(12)13-3)14-9-7-5-4-6-8-9/h9H,4-8H2,1-3H3. The summed E-state index contributed by atoms with van der Waals surface area (Å²) in [6, 6.07) is 0. The molecule has 0 unspecified atom stereocenters. The van der Waals surface area contributed by atoms with E-state index in [2.05, 4.69) is 0 Å². The van der Waals surface area contributed by atoms with Gasteiger partial charge in [-0.25, -0.2) is 0 Å². The average molecular weight is 216 g/mol. The summed E-state index contributed by atoms with van der Waals surface area (Å²) in [4.78, 5) is 11.5. The van der Waals surface area contributed by atoms with Crippen LogP contribution in [0.2, 0.25) is 0 Å². The van der Waals surface area contributed by atoms with E-state index >= 15 is 0 Å². The highest BCUT2D eigenvalue weighted by Crippen LogP contribution is 2.37. The molecule has 82 valence electrons. The van der Waals surface area contributed by atoms with Gasteiger partial charge in [-0.15, -0.1) is 11.8 Å². The molecule has 1 fully saturated rings. The van der Waals surface area contributed by atoms with Crippen LogP contribution in [0.4, 0.5) is 0 Å². The van der Waals surface area contributed by atoms with Gasteiger partial charge in [0.05, 0.1) is 7.11 Å². The molecule has 3 heteroatoms. The molecule has 0 aliphatic heterocycles. The number of rotatable bonds is 3. The first kappa shape index (κ1) is 11.9. The van der Waals surface area contributed by atoms with E-state index in [-0.39, 0.29) is 10.7 Å². The molecule has 0 N–H and O–H groups in total. The van der Waals surface area contributed by atoms with E-state index in [9.17, 15) is 4.79 Å². The Labute approximate surface area is 90.8 Å². The Hall–Kier alpha value is -0.180. The smallest absolute Gasteiger partial charge is 0.321 e. The molecule has 0 spiro atoms. The highest BCUT2D eigenvalue weighted by atomic mass is 32.2. The van der Waals surface area contributed by atoms with Crippen molar-refractivity contribution in [3.8, 4) is 0 Å². The van der Waals surface area contributed by atoms with Crippen molar-refractivity contribution in [1.82, 2.24) is 0 Å². The monoisotopic (exact) mass is 216 g/mol. The third-order valence-electron chi connectivity index (χ3n) is 2.69. The first-order valence-electron chi connectivity index (χ1n) is 5.32. The van der Waals surface area contributed by atoms with Gasteiger partial charge in [0.15, 0.2) is 0 Å². The van der Waals surface area contributed by atoms with Crippen LogP contribution in [0.5, 0.6) is 0 Å². The lowest BCUT2D eigenvalue weighted by molar-refractivity contribution is -0.142. The fourth-order valence-electron chi connectivity index (χ4n) is 1.89. The molecule has 0 radical (unpaired) electrons. The Kier molecular flexibility index (Phi) is 4.30. The van der Waals surface area contributed by atoms with E-state index in [0.29, 0.717) is 5.25 Å². The second-order valence-corrected chi connectivity index (χ2v) is 6.30. The summed E-state index contributed by atoms with van der Waals surface area (Å²) >= 11 is 1.78. The Balaban J connectivity index is 2.44. The van der Waals surface area contributed by atoms with Crippen molar-refractivity contribution >= 4 is 17.7 Å². The Morgan fingerprint density at radius 1 is 1.29 bits per heavy atom. The summed E-state index contributed by atoms with van der Waals surface area (Å²) in [5, 5.41) is 0.651. The third-order valence-corrected chi connectivity index (χ3v) is 4.25. The molecule has 1 saturated carbocycles. The van der Waals surface area contributed by atoms with Gasteiger partial charge in [0.25, 0.3) is 0 Å². The fraction of sp³-hybridized carbons (Fsp3) is 0.909. The number of methoxy groups -OCH3 is 1. The first-order chi connectivity index (χ1) is 6.56. The van der Waals surface area contributed by atoms with E-state index in [1.165, 1.54) is 39.2 Å². The summed E-state index contributed by atoms with van der Waals surface area (Å²) in [6.45, 7) is 3.91. The van der Waals surface area contributed by atoms with Gasteiger partial charge in [-0.3, -0.25) is 4.79 Å². The van der Waals surface area contributed by atoms with Gasteiger partial charge in [0, 0.05) is 5.25 Å². The molecular weight excluding hydrogens is 196 g/mol. The van der Waals surface area contributed by atoms with Gasteiger partial charge in [-0.1, -0.05) is 19.3 Å². The number of hydrogen-bond acceptors (Lipinski definition) is 3. The van der Waals surface area contributed by atoms with Crippen LogP contribution in [0, 0.1) is 0 Å². The zero-order chi connectivity index (χ0) is 10.6. The summed E-state index contributed by atoms with van der Waals surface area (Å²) in [5.74, 6) is -0.104. The lowest BCUT2D eigenvalue weighted by Crippen LogP contribution is -2.32. The minimum Gasteiger partial charge on any atom is -0.468 e. The quantitative estimate of drug-likeness (QED) is 0.678. The molecule has 0 aromatic rings. The fourth-order valence-corrected chi connectivity index (χ4v) is 3.48. The second kappa shape index (κ2) is 5.06. The van der Waals surface area contributed by atoms with Crippen LogP contribution in [-0.4, -0.2) is 23.1 Å². The van der Waals surface area contributed by atoms with E-state index in [0.717, 1.165) is 0 Å². The van der Waals surface area contributed by atoms with Crippen LogP contribution < -0.4 is 0 Å². The first-order valence-corrected chi connectivity index (χ1v) is 6.20. The van der Waals surface area contributed by atoms with Crippen LogP contribution in [0.1, 0.15) is 46.0 Å². The van der Waals surface area contributed by atoms with E-state index < -0.39 is 0 Å². The zero-order valence-electron chi connectivity index (χ0n) is 9.34. The highest BCUT2D eigenvalue weighted by molar-refractivity contribution is 8.01. The summed E-state index contributed by atoms with van der Waals surface area (Å²) < 4.78 is 4.42. The second-order valence-electron chi connectivity index (χ2n) is 4.38. The number of carbonyl (C=O) groups excluding carboxylic acids is 1. The maximum absolute atomic E-state index is 11.5. The minimum atomic E-state index is -0.378. The number of esters is 1.